The van der Waals surface area contributed by atoms with E-state index in [9.17, 15) is 0 Å². The number of benzene rings is 3. The van der Waals surface area contributed by atoms with Gasteiger partial charge in [-0.25, -0.2) is 0 Å². The van der Waals surface area contributed by atoms with E-state index in [-0.39, 0.29) is 0 Å². The van der Waals surface area contributed by atoms with Gasteiger partial charge < -0.3 is 0 Å². The fraction of sp³-hybridized carbons (Fsp3) is 0. The Hall–Kier alpha value is -2.41. The molecule has 3 aromatic carbocycles. The third kappa shape index (κ3) is 4.51. The third-order valence-corrected chi connectivity index (χ3v) is 10.8. The Balaban J connectivity index is 1.61. The van der Waals surface area contributed by atoms with E-state index in [0.29, 0.717) is 9.88 Å². The molecule has 0 spiro atoms. The zero-order chi connectivity index (χ0) is 21.0. The van der Waals surface area contributed by atoms with Gasteiger partial charge in [0.05, 0.1) is 0 Å². The first-order valence-corrected chi connectivity index (χ1v) is 13.8. The molecule has 0 saturated heterocycles. The molecule has 4 rings (SSSR count). The van der Waals surface area contributed by atoms with E-state index >= 15 is 0 Å². The Labute approximate surface area is 192 Å². The number of nitrogens with one attached hydrogen (secondary N) is 3. The average molecular weight is 515 g/mol. The molecule has 4 aromatic rings. The summed E-state index contributed by atoms with van der Waals surface area (Å²) >= 11 is 14.3. The monoisotopic (exact) mass is 516 g/mol. The molecule has 0 bridgehead atoms. The summed E-state index contributed by atoms with van der Waals surface area (Å²) in [6.07, 6.45) is 0. The Bertz CT molecular complexity index is 1230. The van der Waals surface area contributed by atoms with Crippen LogP contribution in [0.3, 0.4) is 0 Å². The van der Waals surface area contributed by atoms with Crippen LogP contribution in [0.1, 0.15) is 0 Å². The SMILES string of the molecule is S=C(Nc1cccc(-n2[nH]nnc2=S)c1)NP(=[Se])(c1ccccc1)c1ccccc1. The van der Waals surface area contributed by atoms with Crippen molar-refractivity contribution in [2.75, 3.05) is 5.32 Å². The van der Waals surface area contributed by atoms with Crippen LogP contribution in [0.15, 0.2) is 84.9 Å². The van der Waals surface area contributed by atoms with Crippen molar-refractivity contribution >= 4 is 66.6 Å². The molecule has 0 aliphatic heterocycles. The van der Waals surface area contributed by atoms with E-state index in [2.05, 4.69) is 65.3 Å². The van der Waals surface area contributed by atoms with Crippen LogP contribution in [0.25, 0.3) is 5.69 Å². The van der Waals surface area contributed by atoms with Crippen molar-refractivity contribution in [3.63, 3.8) is 0 Å². The second-order valence-corrected chi connectivity index (χ2v) is 13.0. The van der Waals surface area contributed by atoms with Gasteiger partial charge in [-0.1, -0.05) is 0 Å². The Morgan fingerprint density at radius 3 is 2.13 bits per heavy atom. The van der Waals surface area contributed by atoms with Gasteiger partial charge in [0.1, 0.15) is 0 Å². The number of rotatable bonds is 5. The quantitative estimate of drug-likeness (QED) is 0.215. The summed E-state index contributed by atoms with van der Waals surface area (Å²) in [6, 6.07) is 28.3. The average Bonchev–Trinajstić information content (AvgIpc) is 3.21. The van der Waals surface area contributed by atoms with Crippen LogP contribution in [-0.2, 0) is 0 Å². The number of anilines is 1. The van der Waals surface area contributed by atoms with E-state index in [0.717, 1.165) is 11.4 Å². The number of thiocarbonyl (C=S) groups is 1. The molecule has 30 heavy (non-hydrogen) atoms. The number of tetrazole rings is 1. The van der Waals surface area contributed by atoms with Crippen molar-refractivity contribution < 1.29 is 0 Å². The molecular formula is C20H17N6PS2Se. The van der Waals surface area contributed by atoms with Gasteiger partial charge in [-0.2, -0.15) is 0 Å². The van der Waals surface area contributed by atoms with Crippen LogP contribution >= 0.6 is 30.1 Å². The number of H-pyrrole nitrogens is 1. The Morgan fingerprint density at radius 1 is 0.933 bits per heavy atom. The number of aromatic nitrogens is 4. The van der Waals surface area contributed by atoms with Crippen molar-refractivity contribution in [3.05, 3.63) is 89.7 Å². The standard InChI is InChI=1S/C20H17N6PS2Se/c28-19(21-15-8-7-9-16(14-15)26-20(29)22-24-25-26)23-27(30,17-10-3-1-4-11-17)18-12-5-2-6-13-18/h1-14H,(H,22,25,29)(H2,21,23,28,30). The van der Waals surface area contributed by atoms with Crippen LogP contribution in [0.5, 0.6) is 0 Å². The number of hydrogen-bond acceptors (Lipinski definition) is 4. The van der Waals surface area contributed by atoms with Crippen molar-refractivity contribution in [1.82, 2.24) is 25.3 Å². The summed E-state index contributed by atoms with van der Waals surface area (Å²) < 4.78 is 1.98. The van der Waals surface area contributed by atoms with Gasteiger partial charge in [0.25, 0.3) is 0 Å². The first-order valence-electron chi connectivity index (χ1n) is 8.97. The fourth-order valence-corrected chi connectivity index (χ4v) is 8.24. The molecule has 6 nitrogen and oxygen atoms in total. The van der Waals surface area contributed by atoms with E-state index in [1.165, 1.54) is 10.6 Å². The normalized spacial score (nSPS) is 11.1. The fourth-order valence-electron chi connectivity index (χ4n) is 2.94. The third-order valence-electron chi connectivity index (χ3n) is 4.33. The molecule has 0 aliphatic carbocycles. The number of hydrogen-bond donors (Lipinski definition) is 3. The van der Waals surface area contributed by atoms with Crippen molar-refractivity contribution in [2.45, 2.75) is 0 Å². The van der Waals surface area contributed by atoms with Gasteiger partial charge >= 0.3 is 193 Å². The molecule has 1 heterocycles. The first kappa shape index (κ1) is 20.8. The summed E-state index contributed by atoms with van der Waals surface area (Å²) in [6.45, 7) is 0. The predicted molar refractivity (Wildman–Crippen MR) is 131 cm³/mol. The molecule has 0 unspecified atom stereocenters. The Morgan fingerprint density at radius 2 is 1.57 bits per heavy atom. The van der Waals surface area contributed by atoms with Crippen LogP contribution in [0, 0.1) is 4.77 Å². The molecule has 0 aliphatic rings. The molecule has 3 N–H and O–H groups in total. The molecule has 0 fully saturated rings. The molecule has 1 aromatic heterocycles. The van der Waals surface area contributed by atoms with Gasteiger partial charge in [-0.05, 0) is 0 Å². The second kappa shape index (κ2) is 9.16. The predicted octanol–water partition coefficient (Wildman–Crippen LogP) is 3.28. The summed E-state index contributed by atoms with van der Waals surface area (Å²) in [5.41, 5.74) is -0.421. The van der Waals surface area contributed by atoms with Crippen molar-refractivity contribution in [2.24, 2.45) is 0 Å². The van der Waals surface area contributed by atoms with Crippen LogP contribution in [0.4, 0.5) is 5.69 Å². The zero-order valence-corrected chi connectivity index (χ0v) is 19.8. The van der Waals surface area contributed by atoms with Crippen molar-refractivity contribution in [1.29, 1.82) is 0 Å². The minimum atomic E-state index is -2.06. The van der Waals surface area contributed by atoms with Gasteiger partial charge in [0.2, 0.25) is 0 Å². The summed E-state index contributed by atoms with van der Waals surface area (Å²) in [5, 5.41) is 20.0. The van der Waals surface area contributed by atoms with E-state index in [4.69, 9.17) is 24.4 Å². The summed E-state index contributed by atoms with van der Waals surface area (Å²) in [5.74, 6) is 0. The Kier molecular flexibility index (Phi) is 6.37. The maximum atomic E-state index is 5.68. The zero-order valence-electron chi connectivity index (χ0n) is 15.6. The molecule has 10 heteroatoms. The number of nitrogens with zero attached hydrogens (tertiary/aromatic N) is 3. The summed E-state index contributed by atoms with van der Waals surface area (Å²) in [7, 11) is 0. The minimum absolute atomic E-state index is 0.356. The van der Waals surface area contributed by atoms with Gasteiger partial charge in [0, 0.05) is 0 Å². The molecule has 0 radical (unpaired) electrons. The van der Waals surface area contributed by atoms with Crippen LogP contribution < -0.4 is 21.0 Å². The summed E-state index contributed by atoms with van der Waals surface area (Å²) in [4.78, 5) is 0. The van der Waals surface area contributed by atoms with Gasteiger partial charge in [0.15, 0.2) is 0 Å². The van der Waals surface area contributed by atoms with E-state index in [1.54, 1.807) is 4.68 Å². The molecule has 150 valence electrons. The molecular weight excluding hydrogens is 498 g/mol. The second-order valence-electron chi connectivity index (χ2n) is 6.31. The molecule has 0 atom stereocenters. The molecule has 0 saturated carbocycles. The van der Waals surface area contributed by atoms with Crippen LogP contribution in [-0.4, -0.2) is 40.4 Å². The topological polar surface area (TPSA) is 70.6 Å². The molecule has 0 amide bonds. The van der Waals surface area contributed by atoms with Gasteiger partial charge in [-0.3, -0.25) is 0 Å². The van der Waals surface area contributed by atoms with Crippen molar-refractivity contribution in [3.8, 4) is 5.69 Å². The van der Waals surface area contributed by atoms with Crippen LogP contribution in [0.2, 0.25) is 0 Å². The maximum absolute atomic E-state index is 5.68. The number of aromatic amines is 1. The van der Waals surface area contributed by atoms with Gasteiger partial charge in [-0.15, -0.1) is 0 Å². The first-order chi connectivity index (χ1) is 14.6. The van der Waals surface area contributed by atoms with E-state index in [1.807, 2.05) is 60.7 Å². The van der Waals surface area contributed by atoms with E-state index < -0.39 is 5.66 Å².